The van der Waals surface area contributed by atoms with E-state index in [2.05, 4.69) is 38.0 Å². The number of rotatable bonds is 8. The van der Waals surface area contributed by atoms with Gasteiger partial charge in [-0.3, -0.25) is 9.59 Å². The number of hydrogen-bond acceptors (Lipinski definition) is 5. The standard InChI is InChI=1S/C14H24N2O4.C6H13N.C4H10.C2H6/c1-6-20-14(19)11(4)7-12(10(2)3)16(5)13(18)8-15-9-17;1-7-5-3-2-4-6-7;1-4(2)3;1-2/h7,9-10,12H,6,8H2,1-5H3,(H,15,17);2-6H2,1H3;4H,1-3H3;1-2H3/b11-7+;;;/t12-;;;/m1.../s1. The minimum Gasteiger partial charge on any atom is -0.463 e. The summed E-state index contributed by atoms with van der Waals surface area (Å²) in [5, 5.41) is 2.34. The third kappa shape index (κ3) is 21.7. The van der Waals surface area contributed by atoms with Crippen LogP contribution in [0.4, 0.5) is 0 Å². The normalized spacial score (nSPS) is 14.4. The van der Waals surface area contributed by atoms with E-state index in [1.54, 1.807) is 27.0 Å². The molecule has 0 radical (unpaired) electrons. The first-order chi connectivity index (χ1) is 15.5. The molecule has 0 spiro atoms. The van der Waals surface area contributed by atoms with Crippen LogP contribution in [0.25, 0.3) is 0 Å². The summed E-state index contributed by atoms with van der Waals surface area (Å²) in [6.07, 6.45) is 6.48. The van der Waals surface area contributed by atoms with Crippen LogP contribution in [0.2, 0.25) is 0 Å². The van der Waals surface area contributed by atoms with Crippen molar-refractivity contribution in [3.8, 4) is 0 Å². The molecule has 0 aromatic carbocycles. The molecule has 1 fully saturated rings. The summed E-state index contributed by atoms with van der Waals surface area (Å²) in [7, 11) is 3.84. The molecular weight excluding hydrogens is 418 g/mol. The van der Waals surface area contributed by atoms with Crippen molar-refractivity contribution in [2.75, 3.05) is 40.3 Å². The van der Waals surface area contributed by atoms with Gasteiger partial charge in [0.2, 0.25) is 12.3 Å². The topological polar surface area (TPSA) is 79.0 Å². The number of amides is 2. The lowest BCUT2D eigenvalue weighted by Crippen LogP contribution is -2.43. The fourth-order valence-electron chi connectivity index (χ4n) is 2.79. The van der Waals surface area contributed by atoms with Gasteiger partial charge >= 0.3 is 5.97 Å². The Kier molecular flexibility index (Phi) is 25.2. The molecule has 0 bridgehead atoms. The van der Waals surface area contributed by atoms with Gasteiger partial charge in [0.25, 0.3) is 0 Å². The zero-order valence-electron chi connectivity index (χ0n) is 23.4. The number of hydrogen-bond donors (Lipinski definition) is 1. The van der Waals surface area contributed by atoms with Crippen LogP contribution >= 0.6 is 0 Å². The lowest BCUT2D eigenvalue weighted by molar-refractivity contribution is -0.138. The predicted octanol–water partition coefficient (Wildman–Crippen LogP) is 4.52. The number of likely N-dealkylation sites (tertiary alicyclic amines) is 1. The smallest absolute Gasteiger partial charge is 0.333 e. The van der Waals surface area contributed by atoms with E-state index in [1.807, 2.05) is 27.7 Å². The summed E-state index contributed by atoms with van der Waals surface area (Å²) in [4.78, 5) is 37.6. The molecule has 0 unspecified atom stereocenters. The van der Waals surface area contributed by atoms with Crippen LogP contribution < -0.4 is 5.32 Å². The van der Waals surface area contributed by atoms with Gasteiger partial charge in [0.15, 0.2) is 0 Å². The molecule has 7 nitrogen and oxygen atoms in total. The van der Waals surface area contributed by atoms with Crippen molar-refractivity contribution >= 4 is 18.3 Å². The molecule has 33 heavy (non-hydrogen) atoms. The minimum absolute atomic E-state index is 0.0600. The van der Waals surface area contributed by atoms with Crippen molar-refractivity contribution in [1.82, 2.24) is 15.1 Å². The SMILES string of the molecule is CC.CC(C)C.CCOC(=O)/C(C)=C/[C@H](C(C)C)N(C)C(=O)CNC=O.CN1CCCCC1. The van der Waals surface area contributed by atoms with Gasteiger partial charge < -0.3 is 19.9 Å². The lowest BCUT2D eigenvalue weighted by atomic mass is 10.00. The Balaban J connectivity index is -0.000000560. The van der Waals surface area contributed by atoms with Crippen LogP contribution in [0.3, 0.4) is 0 Å². The Morgan fingerprint density at radius 1 is 1.06 bits per heavy atom. The zero-order chi connectivity index (χ0) is 26.4. The molecule has 7 heteroatoms. The Bertz CT molecular complexity index is 525. The van der Waals surface area contributed by atoms with E-state index in [-0.39, 0.29) is 30.4 Å². The summed E-state index contributed by atoms with van der Waals surface area (Å²) in [5.41, 5.74) is 0.466. The Hall–Kier alpha value is -1.89. The Morgan fingerprint density at radius 3 is 1.88 bits per heavy atom. The highest BCUT2D eigenvalue weighted by Crippen LogP contribution is 2.14. The van der Waals surface area contributed by atoms with E-state index >= 15 is 0 Å². The van der Waals surface area contributed by atoms with E-state index in [4.69, 9.17) is 4.74 Å². The largest absolute Gasteiger partial charge is 0.463 e. The van der Waals surface area contributed by atoms with Gasteiger partial charge in [-0.15, -0.1) is 0 Å². The monoisotopic (exact) mass is 471 g/mol. The van der Waals surface area contributed by atoms with Crippen molar-refractivity contribution < 1.29 is 19.1 Å². The molecule has 0 aromatic heterocycles. The van der Waals surface area contributed by atoms with E-state index in [0.29, 0.717) is 18.6 Å². The first-order valence-electron chi connectivity index (χ1n) is 12.4. The second-order valence-corrected chi connectivity index (χ2v) is 8.90. The van der Waals surface area contributed by atoms with Crippen LogP contribution in [-0.4, -0.2) is 74.5 Å². The number of carbonyl (C=O) groups excluding carboxylic acids is 3. The fourth-order valence-corrected chi connectivity index (χ4v) is 2.79. The van der Waals surface area contributed by atoms with Gasteiger partial charge in [-0.1, -0.05) is 61.0 Å². The highest BCUT2D eigenvalue weighted by atomic mass is 16.5. The van der Waals surface area contributed by atoms with Gasteiger partial charge in [0, 0.05) is 12.6 Å². The highest BCUT2D eigenvalue weighted by Gasteiger charge is 2.22. The molecule has 0 aliphatic carbocycles. The first kappa shape index (κ1) is 35.7. The number of carbonyl (C=O) groups is 3. The molecule has 1 saturated heterocycles. The number of esters is 1. The van der Waals surface area contributed by atoms with E-state index in [1.165, 1.54) is 37.3 Å². The molecule has 196 valence electrons. The number of nitrogens with zero attached hydrogens (tertiary/aromatic N) is 2. The fraction of sp³-hybridized carbons (Fsp3) is 0.808. The van der Waals surface area contributed by atoms with Crippen LogP contribution in [0.5, 0.6) is 0 Å². The first-order valence-corrected chi connectivity index (χ1v) is 12.4. The van der Waals surface area contributed by atoms with E-state index in [0.717, 1.165) is 5.92 Å². The maximum Gasteiger partial charge on any atom is 0.333 e. The molecule has 1 N–H and O–H groups in total. The minimum atomic E-state index is -0.384. The van der Waals surface area contributed by atoms with Crippen LogP contribution in [0.1, 0.15) is 81.6 Å². The van der Waals surface area contributed by atoms with Crippen molar-refractivity contribution in [2.45, 2.75) is 87.6 Å². The zero-order valence-corrected chi connectivity index (χ0v) is 23.4. The average molecular weight is 472 g/mol. The van der Waals surface area contributed by atoms with Crippen LogP contribution in [0.15, 0.2) is 11.6 Å². The maximum atomic E-state index is 11.9. The molecular formula is C26H53N3O4. The predicted molar refractivity (Wildman–Crippen MR) is 139 cm³/mol. The third-order valence-electron chi connectivity index (χ3n) is 4.46. The second kappa shape index (κ2) is 23.3. The number of ether oxygens (including phenoxy) is 1. The van der Waals surface area contributed by atoms with E-state index in [9.17, 15) is 14.4 Å². The van der Waals surface area contributed by atoms with Crippen LogP contribution in [-0.2, 0) is 19.1 Å². The number of piperidine rings is 1. The van der Waals surface area contributed by atoms with Gasteiger partial charge in [-0.05, 0) is 58.7 Å². The van der Waals surface area contributed by atoms with Gasteiger partial charge in [0.05, 0.1) is 19.2 Å². The summed E-state index contributed by atoms with van der Waals surface area (Å²) in [6, 6.07) is -0.236. The summed E-state index contributed by atoms with van der Waals surface area (Å²) in [5.74, 6) is 0.360. The van der Waals surface area contributed by atoms with Gasteiger partial charge in [-0.25, -0.2) is 4.79 Å². The average Bonchev–Trinajstić information content (AvgIpc) is 2.77. The van der Waals surface area contributed by atoms with Crippen molar-refractivity contribution in [1.29, 1.82) is 0 Å². The van der Waals surface area contributed by atoms with Crippen molar-refractivity contribution in [2.24, 2.45) is 11.8 Å². The van der Waals surface area contributed by atoms with Gasteiger partial charge in [-0.2, -0.15) is 0 Å². The Labute approximate surface area is 204 Å². The molecule has 1 aliphatic heterocycles. The van der Waals surface area contributed by atoms with Crippen LogP contribution in [0, 0.1) is 11.8 Å². The molecule has 1 atom stereocenters. The quantitative estimate of drug-likeness (QED) is 0.320. The highest BCUT2D eigenvalue weighted by molar-refractivity contribution is 5.88. The molecule has 1 heterocycles. The molecule has 2 amide bonds. The van der Waals surface area contributed by atoms with E-state index < -0.39 is 0 Å². The van der Waals surface area contributed by atoms with Gasteiger partial charge in [0.1, 0.15) is 0 Å². The molecule has 0 aromatic rings. The summed E-state index contributed by atoms with van der Waals surface area (Å²) >= 11 is 0. The van der Waals surface area contributed by atoms with Crippen molar-refractivity contribution in [3.05, 3.63) is 11.6 Å². The Morgan fingerprint density at radius 2 is 1.55 bits per heavy atom. The number of likely N-dealkylation sites (N-methyl/N-ethyl adjacent to an activating group) is 1. The molecule has 1 aliphatic rings. The third-order valence-corrected chi connectivity index (χ3v) is 4.46. The molecule has 0 saturated carbocycles. The van der Waals surface area contributed by atoms with Crippen molar-refractivity contribution in [3.63, 3.8) is 0 Å². The summed E-state index contributed by atoms with van der Waals surface area (Å²) in [6.45, 7) is 20.7. The maximum absolute atomic E-state index is 11.9. The number of nitrogens with one attached hydrogen (secondary N) is 1. The molecule has 1 rings (SSSR count). The lowest BCUT2D eigenvalue weighted by Gasteiger charge is -2.29. The second-order valence-electron chi connectivity index (χ2n) is 8.90. The summed E-state index contributed by atoms with van der Waals surface area (Å²) < 4.78 is 4.92.